The van der Waals surface area contributed by atoms with Crippen LogP contribution < -0.4 is 4.74 Å². The highest BCUT2D eigenvalue weighted by molar-refractivity contribution is 5.86. The van der Waals surface area contributed by atoms with Gasteiger partial charge in [0.05, 0.1) is 12.2 Å². The van der Waals surface area contributed by atoms with Gasteiger partial charge in [0.25, 0.3) is 0 Å². The Labute approximate surface area is 154 Å². The van der Waals surface area contributed by atoms with E-state index < -0.39 is 23.4 Å². The minimum Gasteiger partial charge on any atom is -0.493 e. The molecule has 0 heterocycles. The number of benzene rings is 2. The van der Waals surface area contributed by atoms with Crippen LogP contribution in [-0.2, 0) is 0 Å². The summed E-state index contributed by atoms with van der Waals surface area (Å²) in [6.07, 6.45) is -0.283. The maximum atomic E-state index is 14.4. The summed E-state index contributed by atoms with van der Waals surface area (Å²) in [5.41, 5.74) is -0.884. The third-order valence-corrected chi connectivity index (χ3v) is 4.95. The Balaban J connectivity index is 1.80. The number of alkyl halides is 3. The average molecular weight is 382 g/mol. The van der Waals surface area contributed by atoms with Crippen molar-refractivity contribution >= 4 is 10.8 Å². The fourth-order valence-electron chi connectivity index (χ4n) is 3.36. The highest BCUT2D eigenvalue weighted by Crippen LogP contribution is 2.31. The summed E-state index contributed by atoms with van der Waals surface area (Å²) in [6.45, 7) is 2.77. The molecule has 1 nitrogen and oxygen atoms in total. The maximum Gasteiger partial charge on any atom is 0.458 e. The van der Waals surface area contributed by atoms with Crippen LogP contribution in [0, 0.1) is 35.3 Å². The van der Waals surface area contributed by atoms with Gasteiger partial charge in [0.1, 0.15) is 17.4 Å². The largest absolute Gasteiger partial charge is 0.493 e. The van der Waals surface area contributed by atoms with E-state index in [9.17, 15) is 22.0 Å². The lowest BCUT2D eigenvalue weighted by molar-refractivity contribution is -0.0696. The van der Waals surface area contributed by atoms with Gasteiger partial charge in [0.15, 0.2) is 0 Å². The molecule has 0 spiro atoms. The Morgan fingerprint density at radius 1 is 1.07 bits per heavy atom. The zero-order chi connectivity index (χ0) is 19.6. The minimum atomic E-state index is -4.82. The van der Waals surface area contributed by atoms with E-state index in [2.05, 4.69) is 6.92 Å². The number of halogens is 5. The van der Waals surface area contributed by atoms with Crippen molar-refractivity contribution < 1.29 is 26.7 Å². The number of fused-ring (bicyclic) bond motifs is 1. The molecule has 0 bridgehead atoms. The zero-order valence-electron chi connectivity index (χ0n) is 14.8. The quantitative estimate of drug-likeness (QED) is 0.451. The van der Waals surface area contributed by atoms with Crippen molar-refractivity contribution in [3.63, 3.8) is 0 Å². The highest BCUT2D eigenvalue weighted by Gasteiger charge is 2.24. The molecule has 0 unspecified atom stereocenters. The molecule has 2 aromatic carbocycles. The third kappa shape index (κ3) is 4.91. The van der Waals surface area contributed by atoms with E-state index in [0.29, 0.717) is 18.3 Å². The molecule has 0 aromatic heterocycles. The van der Waals surface area contributed by atoms with E-state index in [-0.39, 0.29) is 10.8 Å². The maximum absolute atomic E-state index is 14.4. The Hall–Kier alpha value is -2.29. The van der Waals surface area contributed by atoms with Crippen molar-refractivity contribution in [1.82, 2.24) is 0 Å². The predicted octanol–water partition coefficient (Wildman–Crippen LogP) is 6.24. The Kier molecular flexibility index (Phi) is 5.59. The summed E-state index contributed by atoms with van der Waals surface area (Å²) in [5.74, 6) is 1.89. The van der Waals surface area contributed by atoms with E-state index in [4.69, 9.17) is 4.74 Å². The van der Waals surface area contributed by atoms with Crippen LogP contribution in [0.25, 0.3) is 10.8 Å². The number of hydrogen-bond acceptors (Lipinski definition) is 1. The van der Waals surface area contributed by atoms with E-state index in [1.54, 1.807) is 5.92 Å². The van der Waals surface area contributed by atoms with Gasteiger partial charge >= 0.3 is 6.18 Å². The molecular weight excluding hydrogens is 363 g/mol. The van der Waals surface area contributed by atoms with Crippen LogP contribution in [-0.4, -0.2) is 12.8 Å². The van der Waals surface area contributed by atoms with E-state index >= 15 is 0 Å². The summed E-state index contributed by atoms with van der Waals surface area (Å²) in [5, 5.41) is 0.221. The van der Waals surface area contributed by atoms with Crippen LogP contribution in [0.1, 0.15) is 38.2 Å². The van der Waals surface area contributed by atoms with Crippen LogP contribution >= 0.6 is 0 Å². The molecular formula is C21H19F5O. The Morgan fingerprint density at radius 3 is 2.44 bits per heavy atom. The third-order valence-electron chi connectivity index (χ3n) is 4.95. The lowest BCUT2D eigenvalue weighted by Gasteiger charge is -2.26. The molecule has 1 saturated carbocycles. The first-order valence-electron chi connectivity index (χ1n) is 8.87. The van der Waals surface area contributed by atoms with Gasteiger partial charge in [-0.05, 0) is 54.3 Å². The monoisotopic (exact) mass is 382 g/mol. The lowest BCUT2D eigenvalue weighted by Crippen LogP contribution is -2.18. The first kappa shape index (κ1) is 19.5. The summed E-state index contributed by atoms with van der Waals surface area (Å²) in [7, 11) is 0. The molecule has 0 amide bonds. The molecule has 6 heteroatoms. The first-order chi connectivity index (χ1) is 12.7. The summed E-state index contributed by atoms with van der Waals surface area (Å²) in [6, 6.07) is 5.39. The van der Waals surface area contributed by atoms with Gasteiger partial charge in [-0.1, -0.05) is 25.7 Å². The molecule has 1 aliphatic carbocycles. The van der Waals surface area contributed by atoms with E-state index in [1.807, 2.05) is 0 Å². The molecule has 3 rings (SSSR count). The summed E-state index contributed by atoms with van der Waals surface area (Å²) >= 11 is 0. The van der Waals surface area contributed by atoms with Crippen molar-refractivity contribution in [2.24, 2.45) is 11.8 Å². The number of ether oxygens (including phenoxy) is 1. The van der Waals surface area contributed by atoms with Gasteiger partial charge in [-0.2, -0.15) is 13.2 Å². The van der Waals surface area contributed by atoms with Gasteiger partial charge in [0.2, 0.25) is 0 Å². The van der Waals surface area contributed by atoms with Crippen molar-refractivity contribution in [3.05, 3.63) is 41.5 Å². The van der Waals surface area contributed by atoms with Crippen molar-refractivity contribution in [3.8, 4) is 17.6 Å². The SMILES string of the molecule is CC1CCC(COc2ccc3c(F)c(C#CC(F)(F)F)c(F)cc3c2)CC1. The molecule has 0 saturated heterocycles. The van der Waals surface area contributed by atoms with E-state index in [0.717, 1.165) is 30.7 Å². The molecule has 144 valence electrons. The first-order valence-corrected chi connectivity index (χ1v) is 8.87. The van der Waals surface area contributed by atoms with Crippen molar-refractivity contribution in [2.75, 3.05) is 6.61 Å². The molecule has 2 aromatic rings. The molecule has 27 heavy (non-hydrogen) atoms. The topological polar surface area (TPSA) is 9.23 Å². The Bertz CT molecular complexity index is 883. The van der Waals surface area contributed by atoms with Gasteiger partial charge in [-0.25, -0.2) is 8.78 Å². The highest BCUT2D eigenvalue weighted by atomic mass is 19.4. The van der Waals surface area contributed by atoms with Gasteiger partial charge in [-0.3, -0.25) is 0 Å². The van der Waals surface area contributed by atoms with Crippen molar-refractivity contribution in [2.45, 2.75) is 38.8 Å². The molecule has 0 atom stereocenters. The molecule has 0 radical (unpaired) electrons. The molecule has 0 aliphatic heterocycles. The fraction of sp³-hybridized carbons (Fsp3) is 0.429. The lowest BCUT2D eigenvalue weighted by atomic mass is 9.83. The standard InChI is InChI=1S/C21H19F5O/c1-13-2-4-14(5-3-13)12-27-16-6-7-17-15(10-16)11-19(22)18(20(17)23)8-9-21(24,25)26/h6-7,10-11,13-14H,2-5,12H2,1H3. The summed E-state index contributed by atoms with van der Waals surface area (Å²) < 4.78 is 70.8. The predicted molar refractivity (Wildman–Crippen MR) is 93.4 cm³/mol. The smallest absolute Gasteiger partial charge is 0.458 e. The van der Waals surface area contributed by atoms with Crippen LogP contribution in [0.3, 0.4) is 0 Å². The van der Waals surface area contributed by atoms with Gasteiger partial charge in [-0.15, -0.1) is 0 Å². The zero-order valence-corrected chi connectivity index (χ0v) is 14.8. The van der Waals surface area contributed by atoms with Gasteiger partial charge in [0, 0.05) is 11.3 Å². The van der Waals surface area contributed by atoms with Crippen LogP contribution in [0.4, 0.5) is 22.0 Å². The number of hydrogen-bond donors (Lipinski definition) is 0. The average Bonchev–Trinajstić information content (AvgIpc) is 2.60. The molecule has 0 N–H and O–H groups in total. The second-order valence-corrected chi connectivity index (χ2v) is 7.11. The van der Waals surface area contributed by atoms with E-state index in [1.165, 1.54) is 31.0 Å². The van der Waals surface area contributed by atoms with Crippen molar-refractivity contribution in [1.29, 1.82) is 0 Å². The van der Waals surface area contributed by atoms with Gasteiger partial charge < -0.3 is 4.74 Å². The van der Waals surface area contributed by atoms with Crippen LogP contribution in [0.15, 0.2) is 24.3 Å². The second-order valence-electron chi connectivity index (χ2n) is 7.11. The summed E-state index contributed by atoms with van der Waals surface area (Å²) in [4.78, 5) is 0. The van der Waals surface area contributed by atoms with Crippen LogP contribution in [0.2, 0.25) is 0 Å². The number of rotatable bonds is 3. The molecule has 1 aliphatic rings. The fourth-order valence-corrected chi connectivity index (χ4v) is 3.36. The second kappa shape index (κ2) is 7.75. The molecule has 1 fully saturated rings. The normalized spacial score (nSPS) is 20.2. The van der Waals surface area contributed by atoms with Crippen LogP contribution in [0.5, 0.6) is 5.75 Å². The Morgan fingerprint density at radius 2 is 1.78 bits per heavy atom. The minimum absolute atomic E-state index is 0.00159.